The van der Waals surface area contributed by atoms with Gasteiger partial charge >= 0.3 is 0 Å². The highest BCUT2D eigenvalue weighted by Crippen LogP contribution is 1.98. The smallest absolute Gasteiger partial charge is 0.287 e. The minimum Gasteiger partial charge on any atom is -0.459 e. The molecule has 1 fully saturated rings. The normalized spacial score (nSPS) is 17.2. The maximum atomic E-state index is 11.5. The Labute approximate surface area is 94.8 Å². The van der Waals surface area contributed by atoms with E-state index >= 15 is 0 Å². The Hall–Kier alpha value is -1.33. The van der Waals surface area contributed by atoms with Crippen LogP contribution in [0, 0.1) is 0 Å². The van der Waals surface area contributed by atoms with Crippen LogP contribution in [0.2, 0.25) is 0 Å². The third-order valence-corrected chi connectivity index (χ3v) is 2.67. The molecule has 16 heavy (non-hydrogen) atoms. The number of hydrogen-bond acceptors (Lipinski definition) is 4. The number of piperazine rings is 1. The SMILES string of the molecule is O=C(NCCN1CCNCC1)c1ccco1. The lowest BCUT2D eigenvalue weighted by molar-refractivity contribution is 0.0919. The minimum absolute atomic E-state index is 0.139. The second-order valence-electron chi connectivity index (χ2n) is 3.82. The molecule has 5 heteroatoms. The Morgan fingerprint density at radius 3 is 3.00 bits per heavy atom. The molecule has 0 atom stereocenters. The topological polar surface area (TPSA) is 57.5 Å². The van der Waals surface area contributed by atoms with Crippen LogP contribution in [0.1, 0.15) is 10.6 Å². The van der Waals surface area contributed by atoms with Gasteiger partial charge in [-0.25, -0.2) is 0 Å². The van der Waals surface area contributed by atoms with Gasteiger partial charge in [-0.05, 0) is 12.1 Å². The van der Waals surface area contributed by atoms with Crippen LogP contribution in [0.15, 0.2) is 22.8 Å². The summed E-state index contributed by atoms with van der Waals surface area (Å²) in [5.74, 6) is 0.237. The first kappa shape index (κ1) is 11.2. The highest BCUT2D eigenvalue weighted by Gasteiger charge is 2.11. The van der Waals surface area contributed by atoms with Crippen LogP contribution in [-0.2, 0) is 0 Å². The molecule has 0 radical (unpaired) electrons. The van der Waals surface area contributed by atoms with Crippen LogP contribution in [0.5, 0.6) is 0 Å². The summed E-state index contributed by atoms with van der Waals surface area (Å²) in [6.45, 7) is 5.74. The van der Waals surface area contributed by atoms with Crippen molar-refractivity contribution in [3.8, 4) is 0 Å². The molecule has 0 unspecified atom stereocenters. The first-order chi connectivity index (χ1) is 7.86. The highest BCUT2D eigenvalue weighted by atomic mass is 16.3. The van der Waals surface area contributed by atoms with Crippen LogP contribution in [0.25, 0.3) is 0 Å². The first-order valence-corrected chi connectivity index (χ1v) is 5.61. The number of nitrogens with one attached hydrogen (secondary N) is 2. The van der Waals surface area contributed by atoms with Crippen LogP contribution < -0.4 is 10.6 Å². The number of carbonyl (C=O) groups is 1. The van der Waals surface area contributed by atoms with Gasteiger partial charge in [0.25, 0.3) is 5.91 Å². The van der Waals surface area contributed by atoms with E-state index < -0.39 is 0 Å². The molecule has 5 nitrogen and oxygen atoms in total. The van der Waals surface area contributed by atoms with E-state index in [2.05, 4.69) is 15.5 Å². The van der Waals surface area contributed by atoms with Gasteiger partial charge in [0.05, 0.1) is 6.26 Å². The van der Waals surface area contributed by atoms with Crippen molar-refractivity contribution in [3.05, 3.63) is 24.2 Å². The van der Waals surface area contributed by atoms with Crippen molar-refractivity contribution in [2.24, 2.45) is 0 Å². The first-order valence-electron chi connectivity index (χ1n) is 5.61. The molecule has 1 saturated heterocycles. The van der Waals surface area contributed by atoms with Gasteiger partial charge in [-0.15, -0.1) is 0 Å². The minimum atomic E-state index is -0.139. The Morgan fingerprint density at radius 2 is 2.31 bits per heavy atom. The fraction of sp³-hybridized carbons (Fsp3) is 0.545. The Balaban J connectivity index is 1.66. The lowest BCUT2D eigenvalue weighted by Gasteiger charge is -2.26. The van der Waals surface area contributed by atoms with E-state index in [1.807, 2.05) is 0 Å². The van der Waals surface area contributed by atoms with E-state index in [9.17, 15) is 4.79 Å². The number of nitrogens with zero attached hydrogens (tertiary/aromatic N) is 1. The van der Waals surface area contributed by atoms with Crippen LogP contribution in [0.3, 0.4) is 0 Å². The van der Waals surface area contributed by atoms with E-state index in [0.717, 1.165) is 32.7 Å². The Bertz CT molecular complexity index is 318. The van der Waals surface area contributed by atoms with Crippen LogP contribution in [0.4, 0.5) is 0 Å². The molecule has 1 aliphatic rings. The quantitative estimate of drug-likeness (QED) is 0.749. The lowest BCUT2D eigenvalue weighted by atomic mass is 10.3. The van der Waals surface area contributed by atoms with Crippen molar-refractivity contribution >= 4 is 5.91 Å². The molecule has 1 aliphatic heterocycles. The molecule has 1 aromatic heterocycles. The zero-order chi connectivity index (χ0) is 11.2. The fourth-order valence-corrected chi connectivity index (χ4v) is 1.76. The van der Waals surface area contributed by atoms with Crippen molar-refractivity contribution in [1.29, 1.82) is 0 Å². The summed E-state index contributed by atoms with van der Waals surface area (Å²) in [6.07, 6.45) is 1.51. The molecule has 0 spiro atoms. The summed E-state index contributed by atoms with van der Waals surface area (Å²) in [5, 5.41) is 6.13. The predicted molar refractivity (Wildman–Crippen MR) is 60.4 cm³/mol. The van der Waals surface area contributed by atoms with Crippen molar-refractivity contribution in [2.45, 2.75) is 0 Å². The second kappa shape index (κ2) is 5.67. The van der Waals surface area contributed by atoms with Gasteiger partial charge in [-0.3, -0.25) is 9.69 Å². The zero-order valence-corrected chi connectivity index (χ0v) is 9.24. The van der Waals surface area contributed by atoms with Crippen LogP contribution in [-0.4, -0.2) is 50.1 Å². The molecule has 0 bridgehead atoms. The van der Waals surface area contributed by atoms with Gasteiger partial charge in [0.1, 0.15) is 0 Å². The van der Waals surface area contributed by atoms with Gasteiger partial charge in [-0.2, -0.15) is 0 Å². The molecular formula is C11H17N3O2. The molecule has 0 aromatic carbocycles. The average Bonchev–Trinajstić information content (AvgIpc) is 2.84. The van der Waals surface area contributed by atoms with Gasteiger partial charge in [0.2, 0.25) is 0 Å². The predicted octanol–water partition coefficient (Wildman–Crippen LogP) is -0.0854. The average molecular weight is 223 g/mol. The molecule has 0 saturated carbocycles. The monoisotopic (exact) mass is 223 g/mol. The molecule has 1 amide bonds. The maximum absolute atomic E-state index is 11.5. The van der Waals surface area contributed by atoms with Crippen molar-refractivity contribution in [3.63, 3.8) is 0 Å². The second-order valence-corrected chi connectivity index (χ2v) is 3.82. The summed E-state index contributed by atoms with van der Waals surface area (Å²) in [6, 6.07) is 3.38. The third-order valence-electron chi connectivity index (χ3n) is 2.67. The van der Waals surface area contributed by atoms with Gasteiger partial charge in [0, 0.05) is 39.3 Å². The maximum Gasteiger partial charge on any atom is 0.287 e. The highest BCUT2D eigenvalue weighted by molar-refractivity contribution is 5.91. The zero-order valence-electron chi connectivity index (χ0n) is 9.24. The van der Waals surface area contributed by atoms with Gasteiger partial charge in [-0.1, -0.05) is 0 Å². The number of furan rings is 1. The standard InChI is InChI=1S/C11H17N3O2/c15-11(10-2-1-9-16-10)13-5-8-14-6-3-12-4-7-14/h1-2,9,12H,3-8H2,(H,13,15). The van der Waals surface area contributed by atoms with E-state index in [1.165, 1.54) is 6.26 Å². The summed E-state index contributed by atoms with van der Waals surface area (Å²) in [4.78, 5) is 13.8. The fourth-order valence-electron chi connectivity index (χ4n) is 1.76. The number of rotatable bonds is 4. The summed E-state index contributed by atoms with van der Waals surface area (Å²) < 4.78 is 5.00. The molecular weight excluding hydrogens is 206 g/mol. The summed E-state index contributed by atoms with van der Waals surface area (Å²) in [5.41, 5.74) is 0. The number of hydrogen-bond donors (Lipinski definition) is 2. The van der Waals surface area contributed by atoms with E-state index in [4.69, 9.17) is 4.42 Å². The molecule has 2 heterocycles. The third kappa shape index (κ3) is 3.08. The molecule has 2 N–H and O–H groups in total. The van der Waals surface area contributed by atoms with Crippen molar-refractivity contribution in [2.75, 3.05) is 39.3 Å². The largest absolute Gasteiger partial charge is 0.459 e. The summed E-state index contributed by atoms with van der Waals surface area (Å²) >= 11 is 0. The Morgan fingerprint density at radius 1 is 1.50 bits per heavy atom. The lowest BCUT2D eigenvalue weighted by Crippen LogP contribution is -2.46. The molecule has 2 rings (SSSR count). The van der Waals surface area contributed by atoms with Gasteiger partial charge < -0.3 is 15.1 Å². The molecule has 0 aliphatic carbocycles. The van der Waals surface area contributed by atoms with Crippen molar-refractivity contribution < 1.29 is 9.21 Å². The summed E-state index contributed by atoms with van der Waals surface area (Å²) in [7, 11) is 0. The van der Waals surface area contributed by atoms with Crippen molar-refractivity contribution in [1.82, 2.24) is 15.5 Å². The van der Waals surface area contributed by atoms with E-state index in [0.29, 0.717) is 12.3 Å². The van der Waals surface area contributed by atoms with E-state index in [-0.39, 0.29) is 5.91 Å². The van der Waals surface area contributed by atoms with Gasteiger partial charge in [0.15, 0.2) is 5.76 Å². The Kier molecular flexibility index (Phi) is 3.96. The molecule has 88 valence electrons. The number of amides is 1. The van der Waals surface area contributed by atoms with E-state index in [1.54, 1.807) is 12.1 Å². The van der Waals surface area contributed by atoms with Crippen LogP contribution >= 0.6 is 0 Å². The molecule has 1 aromatic rings. The number of carbonyl (C=O) groups excluding carboxylic acids is 1.